The van der Waals surface area contributed by atoms with Gasteiger partial charge in [-0.05, 0) is 32.7 Å². The number of unbranched alkanes of at least 4 members (excludes halogenated alkanes) is 3. The highest BCUT2D eigenvalue weighted by molar-refractivity contribution is 4.90. The molecule has 2 atom stereocenters. The molecule has 18 heavy (non-hydrogen) atoms. The number of nitrogens with two attached hydrogens (primary N) is 1. The van der Waals surface area contributed by atoms with Gasteiger partial charge in [0.25, 0.3) is 0 Å². The van der Waals surface area contributed by atoms with Gasteiger partial charge in [-0.15, -0.1) is 0 Å². The molecule has 0 aliphatic carbocycles. The predicted octanol–water partition coefficient (Wildman–Crippen LogP) is 2.79. The van der Waals surface area contributed by atoms with Crippen molar-refractivity contribution in [1.29, 1.82) is 0 Å². The first-order valence-corrected chi connectivity index (χ1v) is 7.64. The zero-order chi connectivity index (χ0) is 13.4. The van der Waals surface area contributed by atoms with Crippen LogP contribution in [0.2, 0.25) is 0 Å². The van der Waals surface area contributed by atoms with E-state index in [1.807, 2.05) is 7.11 Å². The molecule has 0 radical (unpaired) electrons. The zero-order valence-electron chi connectivity index (χ0n) is 12.6. The lowest BCUT2D eigenvalue weighted by atomic mass is 9.89. The van der Waals surface area contributed by atoms with E-state index in [1.54, 1.807) is 0 Å². The van der Waals surface area contributed by atoms with Crippen LogP contribution in [0.3, 0.4) is 0 Å². The van der Waals surface area contributed by atoms with Crippen LogP contribution in [-0.2, 0) is 4.74 Å². The summed E-state index contributed by atoms with van der Waals surface area (Å²) >= 11 is 0. The maximum Gasteiger partial charge on any atom is 0.0698 e. The summed E-state index contributed by atoms with van der Waals surface area (Å²) in [6.07, 6.45) is 9.35. The second kappa shape index (κ2) is 8.13. The van der Waals surface area contributed by atoms with Gasteiger partial charge in [0.1, 0.15) is 0 Å². The van der Waals surface area contributed by atoms with Gasteiger partial charge in [0.05, 0.1) is 6.10 Å². The van der Waals surface area contributed by atoms with Crippen LogP contribution in [-0.4, -0.2) is 43.3 Å². The largest absolute Gasteiger partial charge is 0.380 e. The Labute approximate surface area is 113 Å². The Morgan fingerprint density at radius 3 is 2.72 bits per heavy atom. The van der Waals surface area contributed by atoms with Gasteiger partial charge in [-0.25, -0.2) is 0 Å². The minimum absolute atomic E-state index is 0.172. The van der Waals surface area contributed by atoms with Crippen molar-refractivity contribution in [1.82, 2.24) is 4.90 Å². The second-order valence-corrected chi connectivity index (χ2v) is 5.96. The van der Waals surface area contributed by atoms with E-state index in [0.717, 1.165) is 13.1 Å². The molecule has 1 aliphatic rings. The highest BCUT2D eigenvalue weighted by Gasteiger charge is 2.33. The van der Waals surface area contributed by atoms with Crippen LogP contribution in [0.1, 0.15) is 58.8 Å². The molecule has 2 N–H and O–H groups in total. The number of nitrogens with zero attached hydrogens (tertiary/aromatic N) is 1. The average molecular weight is 256 g/mol. The summed E-state index contributed by atoms with van der Waals surface area (Å²) in [6, 6.07) is 0. The average Bonchev–Trinajstić information content (AvgIpc) is 2.43. The molecule has 108 valence electrons. The molecule has 0 aromatic rings. The summed E-state index contributed by atoms with van der Waals surface area (Å²) in [7, 11) is 1.83. The Hall–Kier alpha value is -0.120. The monoisotopic (exact) mass is 256 g/mol. The van der Waals surface area contributed by atoms with E-state index in [1.165, 1.54) is 51.5 Å². The highest BCUT2D eigenvalue weighted by atomic mass is 16.5. The molecule has 1 aliphatic heterocycles. The minimum atomic E-state index is 0.172. The Morgan fingerprint density at radius 1 is 1.33 bits per heavy atom. The summed E-state index contributed by atoms with van der Waals surface area (Å²) in [4.78, 5) is 2.57. The van der Waals surface area contributed by atoms with Crippen LogP contribution in [0.25, 0.3) is 0 Å². The molecule has 1 rings (SSSR count). The number of rotatable bonds is 8. The van der Waals surface area contributed by atoms with Crippen LogP contribution in [0, 0.1) is 0 Å². The molecule has 0 saturated carbocycles. The third kappa shape index (κ3) is 4.52. The molecular weight excluding hydrogens is 224 g/mol. The molecule has 3 heteroatoms. The summed E-state index contributed by atoms with van der Waals surface area (Å²) in [5.41, 5.74) is 6.23. The van der Waals surface area contributed by atoms with Crippen LogP contribution < -0.4 is 5.73 Å². The van der Waals surface area contributed by atoms with Gasteiger partial charge < -0.3 is 10.5 Å². The lowest BCUT2D eigenvalue weighted by molar-refractivity contribution is -0.0148. The van der Waals surface area contributed by atoms with Crippen LogP contribution in [0.4, 0.5) is 0 Å². The molecule has 1 fully saturated rings. The lowest BCUT2D eigenvalue weighted by Gasteiger charge is -2.45. The van der Waals surface area contributed by atoms with Crippen molar-refractivity contribution >= 4 is 0 Å². The molecule has 0 bridgehead atoms. The van der Waals surface area contributed by atoms with Gasteiger partial charge >= 0.3 is 0 Å². The lowest BCUT2D eigenvalue weighted by Crippen LogP contribution is -2.56. The fourth-order valence-corrected chi connectivity index (χ4v) is 2.94. The highest BCUT2D eigenvalue weighted by Crippen LogP contribution is 2.26. The van der Waals surface area contributed by atoms with E-state index in [4.69, 9.17) is 10.5 Å². The van der Waals surface area contributed by atoms with E-state index < -0.39 is 0 Å². The summed E-state index contributed by atoms with van der Waals surface area (Å²) in [5.74, 6) is 0. The SMILES string of the molecule is CCCCCCC(C)(CN)N1CCCC(OC)C1. The van der Waals surface area contributed by atoms with Gasteiger partial charge in [0.15, 0.2) is 0 Å². The number of hydrogen-bond acceptors (Lipinski definition) is 3. The van der Waals surface area contributed by atoms with Crippen LogP contribution in [0.5, 0.6) is 0 Å². The molecule has 0 aromatic carbocycles. The van der Waals surface area contributed by atoms with Crippen molar-refractivity contribution in [2.24, 2.45) is 5.73 Å². The number of ether oxygens (including phenoxy) is 1. The Balaban J connectivity index is 2.45. The van der Waals surface area contributed by atoms with Crippen molar-refractivity contribution in [3.8, 4) is 0 Å². The quantitative estimate of drug-likeness (QED) is 0.679. The maximum atomic E-state index is 6.06. The van der Waals surface area contributed by atoms with Gasteiger partial charge in [-0.3, -0.25) is 4.90 Å². The molecule has 0 amide bonds. The molecule has 3 nitrogen and oxygen atoms in total. The summed E-state index contributed by atoms with van der Waals surface area (Å²) in [5, 5.41) is 0. The van der Waals surface area contributed by atoms with Crippen molar-refractivity contribution in [2.75, 3.05) is 26.7 Å². The first kappa shape index (κ1) is 15.9. The minimum Gasteiger partial charge on any atom is -0.380 e. The van der Waals surface area contributed by atoms with Crippen LogP contribution in [0.15, 0.2) is 0 Å². The topological polar surface area (TPSA) is 38.5 Å². The van der Waals surface area contributed by atoms with E-state index in [0.29, 0.717) is 6.10 Å². The number of methoxy groups -OCH3 is 1. The standard InChI is InChI=1S/C15H32N2O/c1-4-5-6-7-10-15(2,13-16)17-11-8-9-14(12-17)18-3/h14H,4-13,16H2,1-3H3. The number of hydrogen-bond donors (Lipinski definition) is 1. The molecule has 0 spiro atoms. The van der Waals surface area contributed by atoms with Crippen molar-refractivity contribution in [3.63, 3.8) is 0 Å². The fraction of sp³-hybridized carbons (Fsp3) is 1.00. The van der Waals surface area contributed by atoms with E-state index >= 15 is 0 Å². The molecule has 1 saturated heterocycles. The Bertz CT molecular complexity index is 223. The summed E-state index contributed by atoms with van der Waals surface area (Å²) in [6.45, 7) is 7.59. The smallest absolute Gasteiger partial charge is 0.0698 e. The van der Waals surface area contributed by atoms with Gasteiger partial charge in [0.2, 0.25) is 0 Å². The van der Waals surface area contributed by atoms with Crippen molar-refractivity contribution < 1.29 is 4.74 Å². The third-order valence-electron chi connectivity index (χ3n) is 4.48. The second-order valence-electron chi connectivity index (χ2n) is 5.96. The van der Waals surface area contributed by atoms with E-state index in [9.17, 15) is 0 Å². The maximum absolute atomic E-state index is 6.06. The van der Waals surface area contributed by atoms with Crippen molar-refractivity contribution in [2.45, 2.75) is 70.4 Å². The zero-order valence-corrected chi connectivity index (χ0v) is 12.6. The normalized spacial score (nSPS) is 25.0. The van der Waals surface area contributed by atoms with Crippen LogP contribution >= 0.6 is 0 Å². The van der Waals surface area contributed by atoms with E-state index in [2.05, 4.69) is 18.7 Å². The molecule has 0 aromatic heterocycles. The van der Waals surface area contributed by atoms with Gasteiger partial charge in [-0.1, -0.05) is 32.6 Å². The van der Waals surface area contributed by atoms with Gasteiger partial charge in [-0.2, -0.15) is 0 Å². The Kier molecular flexibility index (Phi) is 7.20. The first-order chi connectivity index (χ1) is 8.66. The third-order valence-corrected chi connectivity index (χ3v) is 4.48. The van der Waals surface area contributed by atoms with Gasteiger partial charge in [0, 0.05) is 25.7 Å². The number of piperidine rings is 1. The molecule has 1 heterocycles. The molecule has 2 unspecified atom stereocenters. The molecular formula is C15H32N2O. The first-order valence-electron chi connectivity index (χ1n) is 7.64. The Morgan fingerprint density at radius 2 is 2.11 bits per heavy atom. The predicted molar refractivity (Wildman–Crippen MR) is 77.8 cm³/mol. The number of likely N-dealkylation sites (tertiary alicyclic amines) is 1. The van der Waals surface area contributed by atoms with E-state index in [-0.39, 0.29) is 5.54 Å². The van der Waals surface area contributed by atoms with Crippen molar-refractivity contribution in [3.05, 3.63) is 0 Å². The summed E-state index contributed by atoms with van der Waals surface area (Å²) < 4.78 is 5.52. The fourth-order valence-electron chi connectivity index (χ4n) is 2.94.